The van der Waals surface area contributed by atoms with Gasteiger partial charge in [0, 0.05) is 19.8 Å². The monoisotopic (exact) mass is 296 g/mol. The molecule has 2 heterocycles. The van der Waals surface area contributed by atoms with E-state index in [0.717, 1.165) is 13.0 Å². The minimum atomic E-state index is -3.69. The van der Waals surface area contributed by atoms with Crippen LogP contribution in [-0.2, 0) is 17.1 Å². The number of hydrogen-bond acceptors (Lipinski definition) is 6. The lowest BCUT2D eigenvalue weighted by Gasteiger charge is -2.06. The molecule has 20 heavy (non-hydrogen) atoms. The molecule has 0 amide bonds. The summed E-state index contributed by atoms with van der Waals surface area (Å²) in [6, 6.07) is 0. The van der Waals surface area contributed by atoms with Gasteiger partial charge in [0.1, 0.15) is 4.90 Å². The van der Waals surface area contributed by atoms with Gasteiger partial charge >= 0.3 is 0 Å². The predicted molar refractivity (Wildman–Crippen MR) is 74.8 cm³/mol. The van der Waals surface area contributed by atoms with E-state index in [9.17, 15) is 8.42 Å². The van der Waals surface area contributed by atoms with Crippen LogP contribution >= 0.6 is 0 Å². The number of hydrogen-bond donors (Lipinski definition) is 2. The van der Waals surface area contributed by atoms with Crippen molar-refractivity contribution in [2.24, 2.45) is 7.05 Å². The summed E-state index contributed by atoms with van der Waals surface area (Å²) >= 11 is 0. The number of nitrogens with one attached hydrogen (secondary N) is 2. The summed E-state index contributed by atoms with van der Waals surface area (Å²) in [5, 5.41) is 6.87. The summed E-state index contributed by atoms with van der Waals surface area (Å²) in [5.41, 5.74) is 0.390. The summed E-state index contributed by atoms with van der Waals surface area (Å²) in [5.74, 6) is 0.409. The van der Waals surface area contributed by atoms with Crippen molar-refractivity contribution in [3.63, 3.8) is 0 Å². The predicted octanol–water partition coefficient (Wildman–Crippen LogP) is 0.833. The molecular formula is C11H16N6O2S. The van der Waals surface area contributed by atoms with Crippen molar-refractivity contribution < 1.29 is 8.42 Å². The van der Waals surface area contributed by atoms with Crippen LogP contribution in [0.15, 0.2) is 29.7 Å². The van der Waals surface area contributed by atoms with Crippen molar-refractivity contribution in [3.05, 3.63) is 24.8 Å². The minimum Gasteiger partial charge on any atom is -0.354 e. The number of sulfonamides is 1. The van der Waals surface area contributed by atoms with Crippen LogP contribution in [0, 0.1) is 0 Å². The molecule has 2 aromatic heterocycles. The molecule has 0 saturated heterocycles. The van der Waals surface area contributed by atoms with Crippen LogP contribution in [-0.4, -0.2) is 34.7 Å². The first-order valence-corrected chi connectivity index (χ1v) is 7.57. The molecule has 0 bridgehead atoms. The molecule has 8 nitrogen and oxygen atoms in total. The van der Waals surface area contributed by atoms with Crippen molar-refractivity contribution in [2.45, 2.75) is 18.2 Å². The molecular weight excluding hydrogens is 280 g/mol. The smallest absolute Gasteiger partial charge is 0.265 e. The van der Waals surface area contributed by atoms with Gasteiger partial charge in [-0.05, 0) is 6.42 Å². The zero-order valence-corrected chi connectivity index (χ0v) is 12.1. The first-order valence-electron chi connectivity index (χ1n) is 6.08. The molecule has 0 saturated carbocycles. The molecule has 0 aliphatic carbocycles. The molecule has 0 aromatic carbocycles. The molecule has 0 fully saturated rings. The average molecular weight is 296 g/mol. The van der Waals surface area contributed by atoms with Crippen molar-refractivity contribution in [1.29, 1.82) is 0 Å². The third-order valence-corrected chi connectivity index (χ3v) is 3.76. The fourth-order valence-electron chi connectivity index (χ4n) is 1.47. The molecule has 0 unspecified atom stereocenters. The van der Waals surface area contributed by atoms with E-state index in [1.165, 1.54) is 23.3 Å². The first kappa shape index (κ1) is 14.3. The Kier molecular flexibility index (Phi) is 4.18. The molecule has 0 aliphatic heterocycles. The van der Waals surface area contributed by atoms with Gasteiger partial charge in [0.15, 0.2) is 0 Å². The van der Waals surface area contributed by atoms with Gasteiger partial charge in [-0.15, -0.1) is 0 Å². The summed E-state index contributed by atoms with van der Waals surface area (Å²) in [6.07, 6.45) is 6.46. The Bertz CT molecular complexity index is 664. The summed E-state index contributed by atoms with van der Waals surface area (Å²) in [7, 11) is -1.99. The lowest BCUT2D eigenvalue weighted by atomic mass is 10.5. The second-order valence-corrected chi connectivity index (χ2v) is 5.86. The van der Waals surface area contributed by atoms with Crippen molar-refractivity contribution in [2.75, 3.05) is 16.6 Å². The van der Waals surface area contributed by atoms with Gasteiger partial charge in [0.05, 0.1) is 24.3 Å². The zero-order valence-electron chi connectivity index (χ0n) is 11.2. The maximum atomic E-state index is 12.1. The molecule has 2 rings (SSSR count). The number of nitrogens with zero attached hydrogens (tertiary/aromatic N) is 4. The molecule has 9 heteroatoms. The van der Waals surface area contributed by atoms with E-state index in [2.05, 4.69) is 25.1 Å². The topological polar surface area (TPSA) is 102 Å². The quantitative estimate of drug-likeness (QED) is 0.818. The number of rotatable bonds is 6. The van der Waals surface area contributed by atoms with Crippen LogP contribution in [0.1, 0.15) is 13.3 Å². The van der Waals surface area contributed by atoms with Crippen molar-refractivity contribution in [3.8, 4) is 0 Å². The van der Waals surface area contributed by atoms with Crippen LogP contribution in [0.3, 0.4) is 0 Å². The summed E-state index contributed by atoms with van der Waals surface area (Å²) in [4.78, 5) is 7.94. The van der Waals surface area contributed by atoms with E-state index in [-0.39, 0.29) is 4.90 Å². The van der Waals surface area contributed by atoms with E-state index < -0.39 is 10.0 Å². The fourth-order valence-corrected chi connectivity index (χ4v) is 2.39. The van der Waals surface area contributed by atoms with Gasteiger partial charge in [0.25, 0.3) is 10.0 Å². The minimum absolute atomic E-state index is 0.00315. The van der Waals surface area contributed by atoms with E-state index in [1.54, 1.807) is 13.2 Å². The standard InChI is InChI=1S/C11H16N6O2S/c1-3-4-12-11-13-6-10(7-14-11)20(18,19)16-9-5-15-17(2)8-9/h5-8,16H,3-4H2,1-2H3,(H,12,13,14). The SMILES string of the molecule is CCCNc1ncc(S(=O)(=O)Nc2cnn(C)c2)cn1. The lowest BCUT2D eigenvalue weighted by molar-refractivity contribution is 0.600. The molecule has 0 radical (unpaired) electrons. The molecule has 0 spiro atoms. The highest BCUT2D eigenvalue weighted by Crippen LogP contribution is 2.14. The number of aromatic nitrogens is 4. The molecule has 0 aliphatic rings. The van der Waals surface area contributed by atoms with E-state index in [4.69, 9.17) is 0 Å². The summed E-state index contributed by atoms with van der Waals surface area (Å²) < 4.78 is 28.1. The Morgan fingerprint density at radius 3 is 2.50 bits per heavy atom. The fraction of sp³-hybridized carbons (Fsp3) is 0.364. The normalized spacial score (nSPS) is 11.3. The van der Waals surface area contributed by atoms with Gasteiger partial charge in [-0.1, -0.05) is 6.92 Å². The van der Waals surface area contributed by atoms with Crippen molar-refractivity contribution in [1.82, 2.24) is 19.7 Å². The maximum absolute atomic E-state index is 12.1. The molecule has 2 aromatic rings. The number of anilines is 2. The Hall–Kier alpha value is -2.16. The number of aryl methyl sites for hydroxylation is 1. The molecule has 108 valence electrons. The highest BCUT2D eigenvalue weighted by atomic mass is 32.2. The van der Waals surface area contributed by atoms with Crippen LogP contribution in [0.4, 0.5) is 11.6 Å². The van der Waals surface area contributed by atoms with Crippen LogP contribution in [0.25, 0.3) is 0 Å². The van der Waals surface area contributed by atoms with Crippen molar-refractivity contribution >= 4 is 21.7 Å². The van der Waals surface area contributed by atoms with Crippen LogP contribution in [0.5, 0.6) is 0 Å². The zero-order chi connectivity index (χ0) is 14.6. The average Bonchev–Trinajstić information content (AvgIpc) is 2.81. The van der Waals surface area contributed by atoms with E-state index in [1.807, 2.05) is 6.92 Å². The van der Waals surface area contributed by atoms with Crippen LogP contribution in [0.2, 0.25) is 0 Å². The van der Waals surface area contributed by atoms with Gasteiger partial charge in [0.2, 0.25) is 5.95 Å². The lowest BCUT2D eigenvalue weighted by Crippen LogP contribution is -2.14. The Balaban J connectivity index is 2.13. The van der Waals surface area contributed by atoms with Gasteiger partial charge < -0.3 is 5.32 Å². The molecule has 0 atom stereocenters. The maximum Gasteiger partial charge on any atom is 0.265 e. The first-order chi connectivity index (χ1) is 9.51. The second kappa shape index (κ2) is 5.87. The molecule has 2 N–H and O–H groups in total. The Morgan fingerprint density at radius 1 is 1.25 bits per heavy atom. The van der Waals surface area contributed by atoms with Gasteiger partial charge in [-0.25, -0.2) is 18.4 Å². The second-order valence-electron chi connectivity index (χ2n) is 4.18. The third kappa shape index (κ3) is 3.44. The Morgan fingerprint density at radius 2 is 1.95 bits per heavy atom. The summed E-state index contributed by atoms with van der Waals surface area (Å²) in [6.45, 7) is 2.75. The van der Waals surface area contributed by atoms with E-state index >= 15 is 0 Å². The van der Waals surface area contributed by atoms with Gasteiger partial charge in [-0.3, -0.25) is 9.40 Å². The highest BCUT2D eigenvalue weighted by Gasteiger charge is 2.16. The third-order valence-electron chi connectivity index (χ3n) is 2.43. The largest absolute Gasteiger partial charge is 0.354 e. The van der Waals surface area contributed by atoms with Crippen LogP contribution < -0.4 is 10.0 Å². The highest BCUT2D eigenvalue weighted by molar-refractivity contribution is 7.92. The van der Waals surface area contributed by atoms with Gasteiger partial charge in [-0.2, -0.15) is 5.10 Å². The van der Waals surface area contributed by atoms with E-state index in [0.29, 0.717) is 11.6 Å². The Labute approximate surface area is 117 Å².